The van der Waals surface area contributed by atoms with Crippen LogP contribution in [0.3, 0.4) is 0 Å². The number of ether oxygens (including phenoxy) is 1. The van der Waals surface area contributed by atoms with E-state index in [1.165, 1.54) is 6.26 Å². The van der Waals surface area contributed by atoms with E-state index in [1.807, 2.05) is 20.8 Å². The molecule has 0 aromatic carbocycles. The second-order valence-electron chi connectivity index (χ2n) is 6.33. The molecule has 8 heteroatoms. The Morgan fingerprint density at radius 2 is 2.04 bits per heavy atom. The van der Waals surface area contributed by atoms with E-state index in [9.17, 15) is 9.59 Å². The zero-order valence-electron chi connectivity index (χ0n) is 14.3. The van der Waals surface area contributed by atoms with Gasteiger partial charge in [-0.2, -0.15) is 0 Å². The van der Waals surface area contributed by atoms with Gasteiger partial charge in [0.2, 0.25) is 5.91 Å². The van der Waals surface area contributed by atoms with E-state index >= 15 is 0 Å². The van der Waals surface area contributed by atoms with Crippen LogP contribution in [-0.2, 0) is 9.53 Å². The molecule has 1 aliphatic rings. The van der Waals surface area contributed by atoms with Gasteiger partial charge < -0.3 is 25.5 Å². The van der Waals surface area contributed by atoms with Crippen LogP contribution in [-0.4, -0.2) is 43.2 Å². The molecule has 0 spiro atoms. The molecule has 2 atom stereocenters. The second kappa shape index (κ2) is 8.00. The van der Waals surface area contributed by atoms with Gasteiger partial charge in [0.25, 0.3) is 5.91 Å². The molecule has 0 radical (unpaired) electrons. The lowest BCUT2D eigenvalue weighted by atomic mass is 9.54. The number of hydrogen-bond acceptors (Lipinski definition) is 5. The molecule has 0 bridgehead atoms. The Kier molecular flexibility index (Phi) is 6.83. The molecule has 0 aliphatic heterocycles. The predicted octanol–water partition coefficient (Wildman–Crippen LogP) is 1.08. The highest BCUT2D eigenvalue weighted by Gasteiger charge is 2.62. The van der Waals surface area contributed by atoms with Crippen molar-refractivity contribution in [1.29, 1.82) is 0 Å². The lowest BCUT2D eigenvalue weighted by Crippen LogP contribution is -2.75. The number of hydrogen-bond donors (Lipinski definition) is 3. The predicted molar refractivity (Wildman–Crippen MR) is 92.0 cm³/mol. The minimum atomic E-state index is -0.947. The minimum absolute atomic E-state index is 0. The lowest BCUT2D eigenvalue weighted by Gasteiger charge is -2.57. The Morgan fingerprint density at radius 1 is 1.38 bits per heavy atom. The van der Waals surface area contributed by atoms with Crippen molar-refractivity contribution >= 4 is 24.2 Å². The Hall–Kier alpha value is -1.57. The van der Waals surface area contributed by atoms with Crippen LogP contribution in [0.4, 0.5) is 0 Å². The third kappa shape index (κ3) is 3.74. The van der Waals surface area contributed by atoms with Crippen LogP contribution < -0.4 is 16.4 Å². The number of amides is 2. The summed E-state index contributed by atoms with van der Waals surface area (Å²) in [5.74, 6) is -0.288. The van der Waals surface area contributed by atoms with Crippen LogP contribution in [0, 0.1) is 5.41 Å². The summed E-state index contributed by atoms with van der Waals surface area (Å²) in [6, 6.07) is 3.22. The molecule has 1 heterocycles. The lowest BCUT2D eigenvalue weighted by molar-refractivity contribution is -0.170. The average molecular weight is 360 g/mol. The van der Waals surface area contributed by atoms with Crippen LogP contribution in [0.2, 0.25) is 0 Å². The van der Waals surface area contributed by atoms with E-state index in [1.54, 1.807) is 12.1 Å². The number of nitrogens with one attached hydrogen (secondary N) is 2. The van der Waals surface area contributed by atoms with Gasteiger partial charge in [-0.3, -0.25) is 9.59 Å². The van der Waals surface area contributed by atoms with Crippen molar-refractivity contribution in [2.75, 3.05) is 19.7 Å². The molecule has 0 saturated heterocycles. The quantitative estimate of drug-likeness (QED) is 0.631. The normalized spacial score (nSPS) is 24.4. The van der Waals surface area contributed by atoms with E-state index in [-0.39, 0.29) is 36.1 Å². The smallest absolute Gasteiger partial charge is 0.287 e. The first-order chi connectivity index (χ1) is 10.8. The van der Waals surface area contributed by atoms with E-state index in [2.05, 4.69) is 10.6 Å². The SMILES string of the molecule is CCOC1CC(N)(C(=O)NCCNC(=O)c2ccco2)C1(C)C.Cl. The highest BCUT2D eigenvalue weighted by atomic mass is 35.5. The second-order valence-corrected chi connectivity index (χ2v) is 6.33. The summed E-state index contributed by atoms with van der Waals surface area (Å²) in [6.07, 6.45) is 1.92. The Morgan fingerprint density at radius 3 is 2.58 bits per heavy atom. The summed E-state index contributed by atoms with van der Waals surface area (Å²) in [5.41, 5.74) is 4.90. The number of carbonyl (C=O) groups is 2. The third-order valence-corrected chi connectivity index (χ3v) is 4.68. The molecule has 2 unspecified atom stereocenters. The maximum Gasteiger partial charge on any atom is 0.287 e. The highest BCUT2D eigenvalue weighted by Crippen LogP contribution is 2.49. The summed E-state index contributed by atoms with van der Waals surface area (Å²) >= 11 is 0. The van der Waals surface area contributed by atoms with Crippen LogP contribution in [0.5, 0.6) is 0 Å². The molecule has 24 heavy (non-hydrogen) atoms. The van der Waals surface area contributed by atoms with Gasteiger partial charge in [-0.25, -0.2) is 0 Å². The van der Waals surface area contributed by atoms with Crippen molar-refractivity contribution in [1.82, 2.24) is 10.6 Å². The number of furan rings is 1. The molecular formula is C16H26ClN3O4. The van der Waals surface area contributed by atoms with Crippen LogP contribution in [0.25, 0.3) is 0 Å². The Balaban J connectivity index is 0.00000288. The summed E-state index contributed by atoms with van der Waals surface area (Å²) in [4.78, 5) is 24.0. The Bertz CT molecular complexity index is 562. The maximum absolute atomic E-state index is 12.4. The number of halogens is 1. The monoisotopic (exact) mass is 359 g/mol. The fraction of sp³-hybridized carbons (Fsp3) is 0.625. The summed E-state index contributed by atoms with van der Waals surface area (Å²) in [6.45, 7) is 7.01. The average Bonchev–Trinajstić information content (AvgIpc) is 3.05. The molecule has 136 valence electrons. The van der Waals surface area contributed by atoms with Crippen molar-refractivity contribution < 1.29 is 18.7 Å². The summed E-state index contributed by atoms with van der Waals surface area (Å²) in [7, 11) is 0. The fourth-order valence-corrected chi connectivity index (χ4v) is 2.83. The van der Waals surface area contributed by atoms with Crippen molar-refractivity contribution in [2.45, 2.75) is 38.8 Å². The largest absolute Gasteiger partial charge is 0.459 e. The minimum Gasteiger partial charge on any atom is -0.459 e. The van der Waals surface area contributed by atoms with E-state index < -0.39 is 11.0 Å². The molecule has 4 N–H and O–H groups in total. The molecule has 2 amide bonds. The topological polar surface area (TPSA) is 107 Å². The van der Waals surface area contributed by atoms with Crippen LogP contribution in [0.1, 0.15) is 37.7 Å². The van der Waals surface area contributed by atoms with Crippen LogP contribution >= 0.6 is 12.4 Å². The Labute approximate surface area is 148 Å². The van der Waals surface area contributed by atoms with Gasteiger partial charge in [-0.1, -0.05) is 13.8 Å². The van der Waals surface area contributed by atoms with Crippen LogP contribution in [0.15, 0.2) is 22.8 Å². The van der Waals surface area contributed by atoms with Gasteiger partial charge in [-0.05, 0) is 19.1 Å². The molecule has 1 aliphatic carbocycles. The molecule has 7 nitrogen and oxygen atoms in total. The number of carbonyl (C=O) groups excluding carboxylic acids is 2. The first-order valence-electron chi connectivity index (χ1n) is 7.83. The summed E-state index contributed by atoms with van der Waals surface area (Å²) in [5, 5.41) is 5.44. The van der Waals surface area contributed by atoms with Crippen molar-refractivity contribution in [3.05, 3.63) is 24.2 Å². The summed E-state index contributed by atoms with van der Waals surface area (Å²) < 4.78 is 10.6. The number of nitrogens with two attached hydrogens (primary N) is 1. The van der Waals surface area contributed by atoms with E-state index in [0.29, 0.717) is 26.1 Å². The van der Waals surface area contributed by atoms with Gasteiger partial charge in [0.1, 0.15) is 5.54 Å². The molecule has 1 saturated carbocycles. The maximum atomic E-state index is 12.4. The standard InChI is InChI=1S/C16H25N3O4.ClH/c1-4-22-12-10-16(17,15(12,2)3)14(21)19-8-7-18-13(20)11-6-5-9-23-11;/h5-6,9,12H,4,7-8,10,17H2,1-3H3,(H,18,20)(H,19,21);1H. The molecule has 2 rings (SSSR count). The third-order valence-electron chi connectivity index (χ3n) is 4.68. The zero-order chi connectivity index (χ0) is 17.1. The first-order valence-corrected chi connectivity index (χ1v) is 7.83. The fourth-order valence-electron chi connectivity index (χ4n) is 2.83. The first kappa shape index (κ1) is 20.5. The zero-order valence-corrected chi connectivity index (χ0v) is 15.1. The van der Waals surface area contributed by atoms with Gasteiger partial charge >= 0.3 is 0 Å². The van der Waals surface area contributed by atoms with Gasteiger partial charge in [0, 0.05) is 31.5 Å². The van der Waals surface area contributed by atoms with Gasteiger partial charge in [-0.15, -0.1) is 12.4 Å². The van der Waals surface area contributed by atoms with Crippen molar-refractivity contribution in [3.8, 4) is 0 Å². The molecule has 1 aromatic heterocycles. The molecule has 1 fully saturated rings. The molecule has 1 aromatic rings. The highest BCUT2D eigenvalue weighted by molar-refractivity contribution is 5.91. The van der Waals surface area contributed by atoms with Crippen molar-refractivity contribution in [2.24, 2.45) is 11.1 Å². The van der Waals surface area contributed by atoms with E-state index in [4.69, 9.17) is 14.9 Å². The number of rotatable bonds is 7. The molecular weight excluding hydrogens is 334 g/mol. The van der Waals surface area contributed by atoms with Gasteiger partial charge in [0.05, 0.1) is 12.4 Å². The van der Waals surface area contributed by atoms with Gasteiger partial charge in [0.15, 0.2) is 5.76 Å². The van der Waals surface area contributed by atoms with E-state index in [0.717, 1.165) is 0 Å². The van der Waals surface area contributed by atoms with Crippen molar-refractivity contribution in [3.63, 3.8) is 0 Å².